The molecule has 0 unspecified atom stereocenters. The van der Waals surface area contributed by atoms with Crippen molar-refractivity contribution in [1.29, 1.82) is 0 Å². The van der Waals surface area contributed by atoms with Crippen LogP contribution in [0.5, 0.6) is 0 Å². The molecular weight excluding hydrogens is 230 g/mol. The Hall–Kier alpha value is -0.190. The van der Waals surface area contributed by atoms with Crippen LogP contribution in [0.3, 0.4) is 0 Å². The second-order valence-corrected chi connectivity index (χ2v) is 6.14. The third kappa shape index (κ3) is 3.90. The van der Waals surface area contributed by atoms with Gasteiger partial charge in [-0.25, -0.2) is 0 Å². The Bertz CT molecular complexity index is 261. The molecule has 0 bridgehead atoms. The van der Waals surface area contributed by atoms with Crippen molar-refractivity contribution in [3.05, 3.63) is 0 Å². The number of hydrogen-bond donors (Lipinski definition) is 0. The average molecular weight is 255 g/mol. The second-order valence-electron chi connectivity index (χ2n) is 5.55. The number of hydrogen-bond acceptors (Lipinski definition) is 3. The Morgan fingerprint density at radius 2 is 1.88 bits per heavy atom. The highest BCUT2D eigenvalue weighted by Crippen LogP contribution is 2.20. The highest BCUT2D eigenvalue weighted by Gasteiger charge is 2.23. The number of rotatable bonds is 3. The molecule has 0 N–H and O–H groups in total. The lowest BCUT2D eigenvalue weighted by Crippen LogP contribution is -2.45. The van der Waals surface area contributed by atoms with Crippen LogP contribution in [-0.4, -0.2) is 72.5 Å². The molecule has 1 atom stereocenters. The Morgan fingerprint density at radius 3 is 2.47 bits per heavy atom. The van der Waals surface area contributed by atoms with Crippen LogP contribution in [0.2, 0.25) is 0 Å². The molecule has 4 heteroatoms. The van der Waals surface area contributed by atoms with Gasteiger partial charge in [-0.05, 0) is 39.3 Å². The van der Waals surface area contributed by atoms with Crippen LogP contribution >= 0.6 is 12.2 Å². The first-order valence-corrected chi connectivity index (χ1v) is 7.22. The van der Waals surface area contributed by atoms with E-state index >= 15 is 0 Å². The summed E-state index contributed by atoms with van der Waals surface area (Å²) in [5, 5.41) is 0. The fraction of sp³-hybridized carbons (Fsp3) is 0.923. The summed E-state index contributed by atoms with van der Waals surface area (Å²) in [6.45, 7) is 10.7. The predicted octanol–water partition coefficient (Wildman–Crippen LogP) is 1.29. The fourth-order valence-electron chi connectivity index (χ4n) is 2.79. The summed E-state index contributed by atoms with van der Waals surface area (Å²) < 4.78 is 0. The lowest BCUT2D eigenvalue weighted by molar-refractivity contribution is 0.147. The Labute approximate surface area is 111 Å². The van der Waals surface area contributed by atoms with Crippen LogP contribution in [0.25, 0.3) is 0 Å². The smallest absolute Gasteiger partial charge is 0.0747 e. The summed E-state index contributed by atoms with van der Waals surface area (Å²) in [7, 11) is 2.22. The van der Waals surface area contributed by atoms with E-state index in [1.807, 2.05) is 0 Å². The quantitative estimate of drug-likeness (QED) is 0.703. The van der Waals surface area contributed by atoms with E-state index in [-0.39, 0.29) is 0 Å². The number of nitrogens with zero attached hydrogens (tertiary/aromatic N) is 3. The third-order valence-corrected chi connectivity index (χ3v) is 4.44. The topological polar surface area (TPSA) is 9.72 Å². The standard InChI is InChI=1S/C13H25N3S/c1-12(17)16-6-4-13(11-16)3-5-15-9-7-14(2)8-10-15/h13H,3-11H2,1-2H3/t13-/m1/s1. The van der Waals surface area contributed by atoms with Crippen molar-refractivity contribution in [1.82, 2.24) is 14.7 Å². The molecule has 0 aliphatic carbocycles. The second kappa shape index (κ2) is 6.12. The molecule has 2 heterocycles. The largest absolute Gasteiger partial charge is 0.366 e. The van der Waals surface area contributed by atoms with Crippen molar-refractivity contribution < 1.29 is 0 Å². The number of likely N-dealkylation sites (N-methyl/N-ethyl adjacent to an activating group) is 1. The van der Waals surface area contributed by atoms with E-state index in [1.54, 1.807) is 0 Å². The Balaban J connectivity index is 1.64. The van der Waals surface area contributed by atoms with Crippen LogP contribution in [0.15, 0.2) is 0 Å². The van der Waals surface area contributed by atoms with Gasteiger partial charge < -0.3 is 14.7 Å². The zero-order valence-electron chi connectivity index (χ0n) is 11.2. The van der Waals surface area contributed by atoms with Gasteiger partial charge in [-0.2, -0.15) is 0 Å². The summed E-state index contributed by atoms with van der Waals surface area (Å²) in [6, 6.07) is 0. The monoisotopic (exact) mass is 255 g/mol. The van der Waals surface area contributed by atoms with Gasteiger partial charge in [0.25, 0.3) is 0 Å². The molecule has 2 aliphatic rings. The lowest BCUT2D eigenvalue weighted by Gasteiger charge is -2.32. The van der Waals surface area contributed by atoms with Crippen LogP contribution in [0.1, 0.15) is 19.8 Å². The van der Waals surface area contributed by atoms with Gasteiger partial charge in [0.2, 0.25) is 0 Å². The number of thiocarbonyl (C=S) groups is 1. The summed E-state index contributed by atoms with van der Waals surface area (Å²) in [4.78, 5) is 8.48. The van der Waals surface area contributed by atoms with E-state index in [0.717, 1.165) is 10.9 Å². The van der Waals surface area contributed by atoms with Crippen molar-refractivity contribution in [3.63, 3.8) is 0 Å². The number of likely N-dealkylation sites (tertiary alicyclic amines) is 1. The van der Waals surface area contributed by atoms with Gasteiger partial charge in [0, 0.05) is 39.3 Å². The fourth-order valence-corrected chi connectivity index (χ4v) is 2.96. The minimum absolute atomic E-state index is 0.868. The van der Waals surface area contributed by atoms with E-state index in [4.69, 9.17) is 12.2 Å². The van der Waals surface area contributed by atoms with Crippen LogP contribution in [0.4, 0.5) is 0 Å². The molecule has 0 radical (unpaired) electrons. The first kappa shape index (κ1) is 13.2. The van der Waals surface area contributed by atoms with Gasteiger partial charge in [0.05, 0.1) is 4.99 Å². The Kier molecular flexibility index (Phi) is 4.77. The Morgan fingerprint density at radius 1 is 1.18 bits per heavy atom. The van der Waals surface area contributed by atoms with Gasteiger partial charge >= 0.3 is 0 Å². The minimum Gasteiger partial charge on any atom is -0.366 e. The summed E-state index contributed by atoms with van der Waals surface area (Å²) >= 11 is 5.24. The maximum Gasteiger partial charge on any atom is 0.0747 e. The molecule has 2 aliphatic heterocycles. The molecule has 2 saturated heterocycles. The van der Waals surface area contributed by atoms with Gasteiger partial charge in [0.15, 0.2) is 0 Å². The first-order valence-electron chi connectivity index (χ1n) is 6.81. The van der Waals surface area contributed by atoms with Crippen LogP contribution < -0.4 is 0 Å². The van der Waals surface area contributed by atoms with Crippen LogP contribution in [-0.2, 0) is 0 Å². The molecule has 2 rings (SSSR count). The zero-order valence-corrected chi connectivity index (χ0v) is 12.0. The minimum atomic E-state index is 0.868. The third-order valence-electron chi connectivity index (χ3n) is 4.18. The van der Waals surface area contributed by atoms with Gasteiger partial charge in [0.1, 0.15) is 0 Å². The number of piperazine rings is 1. The molecule has 0 aromatic rings. The molecule has 2 fully saturated rings. The predicted molar refractivity (Wildman–Crippen MR) is 76.5 cm³/mol. The normalized spacial score (nSPS) is 27.6. The molecular formula is C13H25N3S. The molecule has 3 nitrogen and oxygen atoms in total. The highest BCUT2D eigenvalue weighted by atomic mass is 32.1. The van der Waals surface area contributed by atoms with E-state index < -0.39 is 0 Å². The van der Waals surface area contributed by atoms with Crippen molar-refractivity contribution in [2.45, 2.75) is 19.8 Å². The molecule has 0 aromatic heterocycles. The highest BCUT2D eigenvalue weighted by molar-refractivity contribution is 7.80. The maximum absolute atomic E-state index is 5.24. The maximum atomic E-state index is 5.24. The van der Waals surface area contributed by atoms with Crippen molar-refractivity contribution >= 4 is 17.2 Å². The van der Waals surface area contributed by atoms with Crippen LogP contribution in [0, 0.1) is 5.92 Å². The SMILES string of the molecule is CC(=S)N1CC[C@@H](CCN2CCN(C)CC2)C1. The lowest BCUT2D eigenvalue weighted by atomic mass is 10.0. The van der Waals surface area contributed by atoms with Crippen molar-refractivity contribution in [2.24, 2.45) is 5.92 Å². The van der Waals surface area contributed by atoms with E-state index in [0.29, 0.717) is 0 Å². The molecule has 17 heavy (non-hydrogen) atoms. The summed E-state index contributed by atoms with van der Waals surface area (Å²) in [5.74, 6) is 0.868. The van der Waals surface area contributed by atoms with Crippen molar-refractivity contribution in [3.8, 4) is 0 Å². The summed E-state index contributed by atoms with van der Waals surface area (Å²) in [6.07, 6.45) is 2.69. The molecule has 0 aromatic carbocycles. The van der Waals surface area contributed by atoms with Gasteiger partial charge in [-0.15, -0.1) is 0 Å². The van der Waals surface area contributed by atoms with Gasteiger partial charge in [-0.3, -0.25) is 0 Å². The van der Waals surface area contributed by atoms with E-state index in [1.165, 1.54) is 58.7 Å². The molecule has 0 saturated carbocycles. The van der Waals surface area contributed by atoms with Crippen molar-refractivity contribution in [2.75, 3.05) is 52.9 Å². The first-order chi connectivity index (χ1) is 8.15. The summed E-state index contributed by atoms with van der Waals surface area (Å²) in [5.41, 5.74) is 0. The van der Waals surface area contributed by atoms with E-state index in [2.05, 4.69) is 28.7 Å². The average Bonchev–Trinajstić information content (AvgIpc) is 2.77. The molecule has 98 valence electrons. The van der Waals surface area contributed by atoms with E-state index in [9.17, 15) is 0 Å². The zero-order chi connectivity index (χ0) is 12.3. The van der Waals surface area contributed by atoms with Gasteiger partial charge in [-0.1, -0.05) is 12.2 Å². The molecule has 0 amide bonds. The molecule has 0 spiro atoms.